The lowest BCUT2D eigenvalue weighted by atomic mass is 9.95. The van der Waals surface area contributed by atoms with Crippen LogP contribution in [0.25, 0.3) is 5.69 Å². The minimum absolute atomic E-state index is 0.159. The number of aryl methyl sites for hydroxylation is 2. The van der Waals surface area contributed by atoms with Gasteiger partial charge in [0.05, 0.1) is 11.8 Å². The number of hydrogen-bond acceptors (Lipinski definition) is 4. The highest BCUT2D eigenvalue weighted by molar-refractivity contribution is 5.89. The molecule has 0 amide bonds. The Hall–Kier alpha value is -3.26. The van der Waals surface area contributed by atoms with Crippen molar-refractivity contribution in [3.8, 4) is 11.8 Å². The molecule has 0 saturated carbocycles. The van der Waals surface area contributed by atoms with Crippen LogP contribution in [-0.2, 0) is 11.2 Å². The monoisotopic (exact) mass is 330 g/mol. The molecule has 124 valence electrons. The average molecular weight is 330 g/mol. The highest BCUT2D eigenvalue weighted by Gasteiger charge is 2.22. The second-order valence-electron chi connectivity index (χ2n) is 5.94. The van der Waals surface area contributed by atoms with Gasteiger partial charge in [-0.25, -0.2) is 9.97 Å². The van der Waals surface area contributed by atoms with Crippen molar-refractivity contribution in [2.45, 2.75) is 26.2 Å². The number of nitriles is 1. The predicted octanol–water partition coefficient (Wildman–Crippen LogP) is 3.30. The third-order valence-electron chi connectivity index (χ3n) is 3.95. The highest BCUT2D eigenvalue weighted by atomic mass is 16.1. The van der Waals surface area contributed by atoms with E-state index in [2.05, 4.69) is 16.0 Å². The van der Waals surface area contributed by atoms with Gasteiger partial charge in [0.1, 0.15) is 11.7 Å². The molecule has 0 N–H and O–H groups in total. The minimum Gasteiger partial charge on any atom is -0.324 e. The summed E-state index contributed by atoms with van der Waals surface area (Å²) in [6.07, 6.45) is 4.13. The standard InChI is InChI=1S/C20H18N4O/c1-14-11-19(23-15(2)22-14)18(13-21)20(25)12-16-5-7-17(8-6-16)24-9-3-4-10-24/h3-11,18H,12H2,1-2H3. The topological polar surface area (TPSA) is 71.6 Å². The van der Waals surface area contributed by atoms with E-state index in [1.54, 1.807) is 13.0 Å². The Morgan fingerprint density at radius 1 is 1.16 bits per heavy atom. The van der Waals surface area contributed by atoms with Crippen LogP contribution >= 0.6 is 0 Å². The molecule has 1 aromatic carbocycles. The van der Waals surface area contributed by atoms with Gasteiger partial charge in [0.15, 0.2) is 5.78 Å². The molecule has 3 rings (SSSR count). The van der Waals surface area contributed by atoms with Crippen molar-refractivity contribution in [3.05, 3.63) is 77.6 Å². The smallest absolute Gasteiger partial charge is 0.160 e. The summed E-state index contributed by atoms with van der Waals surface area (Å²) in [6.45, 7) is 3.59. The number of benzene rings is 1. The van der Waals surface area contributed by atoms with Gasteiger partial charge in [0.25, 0.3) is 0 Å². The Balaban J connectivity index is 1.77. The van der Waals surface area contributed by atoms with E-state index < -0.39 is 5.92 Å². The van der Waals surface area contributed by atoms with Gasteiger partial charge < -0.3 is 4.57 Å². The van der Waals surface area contributed by atoms with Gasteiger partial charge in [-0.1, -0.05) is 12.1 Å². The summed E-state index contributed by atoms with van der Waals surface area (Å²) in [5, 5.41) is 9.44. The van der Waals surface area contributed by atoms with Crippen LogP contribution in [0, 0.1) is 25.2 Å². The molecule has 0 aliphatic rings. The number of ketones is 1. The molecule has 1 atom stereocenters. The molecule has 0 spiro atoms. The summed E-state index contributed by atoms with van der Waals surface area (Å²) in [6, 6.07) is 15.5. The molecule has 0 aliphatic heterocycles. The third-order valence-corrected chi connectivity index (χ3v) is 3.95. The van der Waals surface area contributed by atoms with Crippen molar-refractivity contribution < 1.29 is 4.79 Å². The van der Waals surface area contributed by atoms with Crippen LogP contribution in [0.4, 0.5) is 0 Å². The van der Waals surface area contributed by atoms with Gasteiger partial charge in [0.2, 0.25) is 0 Å². The molecule has 2 aromatic heterocycles. The molecule has 0 radical (unpaired) electrons. The van der Waals surface area contributed by atoms with Crippen molar-refractivity contribution in [3.63, 3.8) is 0 Å². The van der Waals surface area contributed by atoms with E-state index in [9.17, 15) is 10.1 Å². The largest absolute Gasteiger partial charge is 0.324 e. The van der Waals surface area contributed by atoms with Crippen molar-refractivity contribution in [1.29, 1.82) is 5.26 Å². The van der Waals surface area contributed by atoms with E-state index in [4.69, 9.17) is 0 Å². The second-order valence-corrected chi connectivity index (χ2v) is 5.94. The van der Waals surface area contributed by atoms with E-state index in [0.29, 0.717) is 11.5 Å². The molecule has 5 nitrogen and oxygen atoms in total. The van der Waals surface area contributed by atoms with Crippen molar-refractivity contribution in [1.82, 2.24) is 14.5 Å². The molecule has 0 aliphatic carbocycles. The van der Waals surface area contributed by atoms with Gasteiger partial charge in [-0.15, -0.1) is 0 Å². The lowest BCUT2D eigenvalue weighted by Gasteiger charge is -2.10. The van der Waals surface area contributed by atoms with Crippen molar-refractivity contribution in [2.24, 2.45) is 0 Å². The summed E-state index contributed by atoms with van der Waals surface area (Å²) in [7, 11) is 0. The first kappa shape index (κ1) is 16.6. The zero-order chi connectivity index (χ0) is 17.8. The Kier molecular flexibility index (Phi) is 4.71. The highest BCUT2D eigenvalue weighted by Crippen LogP contribution is 2.18. The molecule has 0 saturated heterocycles. The molecule has 0 bridgehead atoms. The lowest BCUT2D eigenvalue weighted by molar-refractivity contribution is -0.118. The van der Waals surface area contributed by atoms with E-state index in [1.165, 1.54) is 0 Å². The first-order valence-electron chi connectivity index (χ1n) is 8.03. The normalized spacial score (nSPS) is 11.7. The van der Waals surface area contributed by atoms with Gasteiger partial charge in [-0.2, -0.15) is 5.26 Å². The number of nitrogens with zero attached hydrogens (tertiary/aromatic N) is 4. The maximum absolute atomic E-state index is 12.6. The van der Waals surface area contributed by atoms with Crippen LogP contribution in [0.5, 0.6) is 0 Å². The number of carbonyl (C=O) groups is 1. The molecular weight excluding hydrogens is 312 g/mol. The van der Waals surface area contributed by atoms with Crippen LogP contribution in [0.15, 0.2) is 54.9 Å². The SMILES string of the molecule is Cc1cc(C(C#N)C(=O)Cc2ccc(-n3cccc3)cc2)nc(C)n1. The minimum atomic E-state index is -0.871. The van der Waals surface area contributed by atoms with Crippen LogP contribution in [0.2, 0.25) is 0 Å². The number of aromatic nitrogens is 3. The first-order chi connectivity index (χ1) is 12.1. The van der Waals surface area contributed by atoms with Crippen molar-refractivity contribution >= 4 is 5.78 Å². The van der Waals surface area contributed by atoms with Crippen molar-refractivity contribution in [2.75, 3.05) is 0 Å². The van der Waals surface area contributed by atoms with E-state index in [-0.39, 0.29) is 12.2 Å². The second kappa shape index (κ2) is 7.10. The first-order valence-corrected chi connectivity index (χ1v) is 8.03. The molecule has 1 unspecified atom stereocenters. The third kappa shape index (κ3) is 3.81. The zero-order valence-corrected chi connectivity index (χ0v) is 14.2. The Morgan fingerprint density at radius 2 is 1.84 bits per heavy atom. The Labute approximate surface area is 146 Å². The summed E-state index contributed by atoms with van der Waals surface area (Å²) in [5.74, 6) is -0.461. The van der Waals surface area contributed by atoms with Gasteiger partial charge in [-0.3, -0.25) is 4.79 Å². The van der Waals surface area contributed by atoms with Gasteiger partial charge >= 0.3 is 0 Å². The summed E-state index contributed by atoms with van der Waals surface area (Å²) in [5.41, 5.74) is 3.14. The molecule has 5 heteroatoms. The maximum Gasteiger partial charge on any atom is 0.160 e. The zero-order valence-electron chi connectivity index (χ0n) is 14.2. The van der Waals surface area contributed by atoms with Gasteiger partial charge in [-0.05, 0) is 49.7 Å². The fraction of sp³-hybridized carbons (Fsp3) is 0.200. The lowest BCUT2D eigenvalue weighted by Crippen LogP contribution is -2.16. The fourth-order valence-electron chi connectivity index (χ4n) is 2.79. The predicted molar refractivity (Wildman–Crippen MR) is 94.3 cm³/mol. The van der Waals surface area contributed by atoms with Crippen LogP contribution in [0.1, 0.15) is 28.7 Å². The molecule has 3 aromatic rings. The van der Waals surface area contributed by atoms with Crippen LogP contribution < -0.4 is 0 Å². The molecule has 2 heterocycles. The van der Waals surface area contributed by atoms with E-state index >= 15 is 0 Å². The summed E-state index contributed by atoms with van der Waals surface area (Å²) in [4.78, 5) is 21.0. The number of rotatable bonds is 5. The molecule has 0 fully saturated rings. The van der Waals surface area contributed by atoms with E-state index in [0.717, 1.165) is 16.9 Å². The Morgan fingerprint density at radius 3 is 2.44 bits per heavy atom. The number of hydrogen-bond donors (Lipinski definition) is 0. The van der Waals surface area contributed by atoms with Crippen LogP contribution in [0.3, 0.4) is 0 Å². The quantitative estimate of drug-likeness (QED) is 0.719. The average Bonchev–Trinajstić information content (AvgIpc) is 3.10. The van der Waals surface area contributed by atoms with Crippen LogP contribution in [-0.4, -0.2) is 20.3 Å². The molecule has 25 heavy (non-hydrogen) atoms. The van der Waals surface area contributed by atoms with E-state index in [1.807, 2.05) is 60.3 Å². The maximum atomic E-state index is 12.6. The Bertz CT molecular complexity index is 901. The fourth-order valence-corrected chi connectivity index (χ4v) is 2.79. The summed E-state index contributed by atoms with van der Waals surface area (Å²) >= 11 is 0. The number of Topliss-reactive ketones (excluding diaryl/α,β-unsaturated/α-hetero) is 1. The van der Waals surface area contributed by atoms with Gasteiger partial charge in [0, 0.05) is 30.2 Å². The number of carbonyl (C=O) groups excluding carboxylic acids is 1. The molecular formula is C20H18N4O. The summed E-state index contributed by atoms with van der Waals surface area (Å²) < 4.78 is 2.00.